The van der Waals surface area contributed by atoms with Gasteiger partial charge >= 0.3 is 0 Å². The van der Waals surface area contributed by atoms with Crippen molar-refractivity contribution in [2.75, 3.05) is 6.61 Å². The summed E-state index contributed by atoms with van der Waals surface area (Å²) in [4.78, 5) is 15.2. The molecule has 0 saturated heterocycles. The summed E-state index contributed by atoms with van der Waals surface area (Å²) in [5.74, 6) is 0.420. The van der Waals surface area contributed by atoms with E-state index in [9.17, 15) is 4.79 Å². The number of aliphatic hydroxyl groups excluding tert-OH is 1. The molecule has 20 heavy (non-hydrogen) atoms. The van der Waals surface area contributed by atoms with Crippen molar-refractivity contribution in [3.63, 3.8) is 0 Å². The lowest BCUT2D eigenvalue weighted by atomic mass is 10.1. The third kappa shape index (κ3) is 4.20. The Morgan fingerprint density at radius 1 is 1.30 bits per heavy atom. The van der Waals surface area contributed by atoms with Crippen molar-refractivity contribution in [2.45, 2.75) is 25.9 Å². The molecule has 0 bridgehead atoms. The number of carbonyl (C=O) groups is 1. The molecule has 0 aliphatic rings. The van der Waals surface area contributed by atoms with Crippen LogP contribution in [0.15, 0.2) is 42.7 Å². The average Bonchev–Trinajstić information content (AvgIpc) is 2.93. The number of aliphatic hydroxyl groups is 1. The minimum absolute atomic E-state index is 0.345. The van der Waals surface area contributed by atoms with Crippen LogP contribution in [0.4, 0.5) is 0 Å². The molecule has 0 unspecified atom stereocenters. The Balaban J connectivity index is 1.81. The van der Waals surface area contributed by atoms with Crippen LogP contribution in [-0.2, 0) is 24.3 Å². The van der Waals surface area contributed by atoms with Gasteiger partial charge in [-0.25, -0.2) is 4.98 Å². The summed E-state index contributed by atoms with van der Waals surface area (Å²) in [5.41, 5.74) is 1.32. The Morgan fingerprint density at radius 2 is 2.10 bits per heavy atom. The molecule has 0 atom stereocenters. The normalized spacial score (nSPS) is 10.4. The maximum absolute atomic E-state index is 11.0. The molecule has 5 heteroatoms. The summed E-state index contributed by atoms with van der Waals surface area (Å²) >= 11 is 0. The highest BCUT2D eigenvalue weighted by Gasteiger charge is 2.04. The van der Waals surface area contributed by atoms with Crippen LogP contribution < -0.4 is 5.32 Å². The van der Waals surface area contributed by atoms with Gasteiger partial charge in [-0.1, -0.05) is 30.3 Å². The molecule has 2 aromatic rings. The largest absolute Gasteiger partial charge is 0.387 e. The first-order valence-electron chi connectivity index (χ1n) is 6.71. The summed E-state index contributed by atoms with van der Waals surface area (Å²) in [6, 6.07) is 10.3. The fourth-order valence-corrected chi connectivity index (χ4v) is 2.04. The molecule has 2 N–H and O–H groups in total. The second kappa shape index (κ2) is 7.45. The van der Waals surface area contributed by atoms with Crippen LogP contribution in [0.5, 0.6) is 0 Å². The zero-order valence-corrected chi connectivity index (χ0v) is 11.3. The van der Waals surface area contributed by atoms with E-state index >= 15 is 0 Å². The fourth-order valence-electron chi connectivity index (χ4n) is 2.04. The van der Waals surface area contributed by atoms with Gasteiger partial charge in [-0.15, -0.1) is 0 Å². The zero-order valence-electron chi connectivity index (χ0n) is 11.3. The second-order valence-electron chi connectivity index (χ2n) is 4.56. The molecule has 0 aliphatic heterocycles. The van der Waals surface area contributed by atoms with Crippen molar-refractivity contribution in [3.05, 3.63) is 54.1 Å². The fraction of sp³-hybridized carbons (Fsp3) is 0.333. The number of hydrogen-bond donors (Lipinski definition) is 2. The van der Waals surface area contributed by atoms with Gasteiger partial charge in [0.25, 0.3) is 0 Å². The lowest BCUT2D eigenvalue weighted by Gasteiger charge is -2.08. The van der Waals surface area contributed by atoms with E-state index in [4.69, 9.17) is 5.11 Å². The number of imidazole rings is 1. The van der Waals surface area contributed by atoms with Gasteiger partial charge < -0.3 is 15.0 Å². The minimum atomic E-state index is -0.491. The van der Waals surface area contributed by atoms with Crippen molar-refractivity contribution in [2.24, 2.45) is 0 Å². The van der Waals surface area contributed by atoms with E-state index in [1.54, 1.807) is 6.20 Å². The van der Waals surface area contributed by atoms with Crippen LogP contribution in [-0.4, -0.2) is 27.2 Å². The van der Waals surface area contributed by atoms with Crippen molar-refractivity contribution < 1.29 is 9.90 Å². The Hall–Kier alpha value is -2.14. The molecular formula is C15H19N3O2. The van der Waals surface area contributed by atoms with E-state index in [0.717, 1.165) is 25.2 Å². The van der Waals surface area contributed by atoms with Crippen LogP contribution in [0, 0.1) is 0 Å². The predicted octanol–water partition coefficient (Wildman–Crippen LogP) is 1.12. The van der Waals surface area contributed by atoms with E-state index in [1.807, 2.05) is 29.0 Å². The number of aromatic nitrogens is 2. The van der Waals surface area contributed by atoms with Crippen LogP contribution in [0.3, 0.4) is 0 Å². The number of rotatable bonds is 7. The molecule has 2 rings (SSSR count). The van der Waals surface area contributed by atoms with E-state index in [-0.39, 0.29) is 5.91 Å². The molecule has 0 radical (unpaired) electrons. The summed E-state index contributed by atoms with van der Waals surface area (Å²) in [5, 5.41) is 11.3. The number of amides is 1. The Kier molecular flexibility index (Phi) is 5.32. The molecule has 5 nitrogen and oxygen atoms in total. The molecular weight excluding hydrogens is 254 g/mol. The van der Waals surface area contributed by atoms with Crippen LogP contribution in [0.25, 0.3) is 0 Å². The number of aryl methyl sites for hydroxylation is 2. The number of nitrogens with zero attached hydrogens (tertiary/aromatic N) is 2. The topological polar surface area (TPSA) is 67.2 Å². The zero-order chi connectivity index (χ0) is 14.2. The predicted molar refractivity (Wildman–Crippen MR) is 75.9 cm³/mol. The molecule has 0 aliphatic carbocycles. The van der Waals surface area contributed by atoms with E-state index in [1.165, 1.54) is 5.56 Å². The Bertz CT molecular complexity index is 537. The van der Waals surface area contributed by atoms with Crippen molar-refractivity contribution in [3.8, 4) is 0 Å². The van der Waals surface area contributed by atoms with Crippen molar-refractivity contribution >= 4 is 5.91 Å². The quantitative estimate of drug-likeness (QED) is 0.794. The van der Waals surface area contributed by atoms with Gasteiger partial charge in [-0.3, -0.25) is 4.79 Å². The van der Waals surface area contributed by atoms with Crippen LogP contribution in [0.2, 0.25) is 0 Å². The van der Waals surface area contributed by atoms with Crippen molar-refractivity contribution in [1.82, 2.24) is 14.9 Å². The summed E-state index contributed by atoms with van der Waals surface area (Å²) in [6.07, 6.45) is 5.66. The highest BCUT2D eigenvalue weighted by molar-refractivity contribution is 5.76. The minimum Gasteiger partial charge on any atom is -0.387 e. The summed E-state index contributed by atoms with van der Waals surface area (Å²) in [7, 11) is 0. The van der Waals surface area contributed by atoms with Crippen LogP contribution >= 0.6 is 0 Å². The lowest BCUT2D eigenvalue weighted by Crippen LogP contribution is -2.27. The monoisotopic (exact) mass is 273 g/mol. The van der Waals surface area contributed by atoms with Gasteiger partial charge in [-0.2, -0.15) is 0 Å². The van der Waals surface area contributed by atoms with Crippen LogP contribution in [0.1, 0.15) is 17.8 Å². The molecule has 1 aromatic carbocycles. The first-order chi connectivity index (χ1) is 9.79. The highest BCUT2D eigenvalue weighted by Crippen LogP contribution is 2.05. The Morgan fingerprint density at radius 3 is 2.85 bits per heavy atom. The summed E-state index contributed by atoms with van der Waals surface area (Å²) in [6.45, 7) is 0.714. The van der Waals surface area contributed by atoms with Gasteiger partial charge in [0.15, 0.2) is 0 Å². The molecule has 106 valence electrons. The van der Waals surface area contributed by atoms with Gasteiger partial charge in [0, 0.05) is 18.9 Å². The van der Waals surface area contributed by atoms with Gasteiger partial charge in [0.05, 0.1) is 6.54 Å². The van der Waals surface area contributed by atoms with Crippen molar-refractivity contribution in [1.29, 1.82) is 0 Å². The third-order valence-corrected chi connectivity index (χ3v) is 3.10. The average molecular weight is 273 g/mol. The molecule has 0 spiro atoms. The summed E-state index contributed by atoms with van der Waals surface area (Å²) < 4.78 is 2.03. The molecule has 0 saturated carbocycles. The lowest BCUT2D eigenvalue weighted by molar-refractivity contribution is -0.124. The molecule has 0 fully saturated rings. The molecule has 1 heterocycles. The standard InChI is InChI=1S/C15H19N3O2/c19-12-15(20)17-11-14-16-8-10-18(14)9-4-7-13-5-2-1-3-6-13/h1-3,5-6,8,10,19H,4,7,9,11-12H2,(H,17,20). The first-order valence-corrected chi connectivity index (χ1v) is 6.71. The second-order valence-corrected chi connectivity index (χ2v) is 4.56. The van der Waals surface area contributed by atoms with Gasteiger partial charge in [-0.05, 0) is 18.4 Å². The van der Waals surface area contributed by atoms with E-state index in [0.29, 0.717) is 6.54 Å². The van der Waals surface area contributed by atoms with E-state index < -0.39 is 6.61 Å². The molecule has 1 amide bonds. The number of carbonyl (C=O) groups excluding carboxylic acids is 1. The maximum Gasteiger partial charge on any atom is 0.246 e. The third-order valence-electron chi connectivity index (χ3n) is 3.10. The molecule has 1 aromatic heterocycles. The number of benzene rings is 1. The highest BCUT2D eigenvalue weighted by atomic mass is 16.3. The van der Waals surface area contributed by atoms with E-state index in [2.05, 4.69) is 22.4 Å². The SMILES string of the molecule is O=C(CO)NCc1nccn1CCCc1ccccc1. The first kappa shape index (κ1) is 14.3. The van der Waals surface area contributed by atoms with Gasteiger partial charge in [0.1, 0.15) is 12.4 Å². The number of nitrogens with one attached hydrogen (secondary N) is 1. The smallest absolute Gasteiger partial charge is 0.246 e. The maximum atomic E-state index is 11.0. The Labute approximate surface area is 118 Å². The van der Waals surface area contributed by atoms with Gasteiger partial charge in [0.2, 0.25) is 5.91 Å². The number of hydrogen-bond acceptors (Lipinski definition) is 3.